The number of carbonyl (C=O) groups excluding carboxylic acids is 2. The number of hydrogen-bond donors (Lipinski definition) is 1. The van der Waals surface area contributed by atoms with E-state index in [0.717, 1.165) is 5.56 Å². The van der Waals surface area contributed by atoms with E-state index >= 15 is 0 Å². The van der Waals surface area contributed by atoms with Crippen molar-refractivity contribution in [1.29, 1.82) is 0 Å². The molecule has 0 bridgehead atoms. The van der Waals surface area contributed by atoms with E-state index in [1.807, 2.05) is 0 Å². The standard InChI is InChI=1S/C20H20FNO3/c1-20(2,15-8-10-16(21)11-9-15)22-19(24)18(23)12-7-14-5-4-6-17(13-14)25-3/h4-13H,1-3H3,(H,22,24)/b12-7+. The van der Waals surface area contributed by atoms with Crippen LogP contribution in [0.5, 0.6) is 5.75 Å². The number of rotatable bonds is 6. The fourth-order valence-electron chi connectivity index (χ4n) is 2.28. The lowest BCUT2D eigenvalue weighted by Gasteiger charge is -2.26. The Labute approximate surface area is 146 Å². The summed E-state index contributed by atoms with van der Waals surface area (Å²) >= 11 is 0. The van der Waals surface area contributed by atoms with Gasteiger partial charge in [0.15, 0.2) is 0 Å². The predicted molar refractivity (Wildman–Crippen MR) is 94.6 cm³/mol. The maximum Gasteiger partial charge on any atom is 0.292 e. The molecule has 0 aliphatic carbocycles. The zero-order valence-electron chi connectivity index (χ0n) is 14.4. The van der Waals surface area contributed by atoms with Gasteiger partial charge in [-0.3, -0.25) is 9.59 Å². The maximum atomic E-state index is 13.0. The van der Waals surface area contributed by atoms with Crippen LogP contribution in [0.2, 0.25) is 0 Å². The highest BCUT2D eigenvalue weighted by Gasteiger charge is 2.25. The largest absolute Gasteiger partial charge is 0.497 e. The van der Waals surface area contributed by atoms with Gasteiger partial charge in [-0.1, -0.05) is 30.3 Å². The minimum Gasteiger partial charge on any atom is -0.497 e. The van der Waals surface area contributed by atoms with Gasteiger partial charge < -0.3 is 10.1 Å². The third kappa shape index (κ3) is 5.01. The lowest BCUT2D eigenvalue weighted by atomic mass is 9.94. The van der Waals surface area contributed by atoms with Gasteiger partial charge in [-0.25, -0.2) is 4.39 Å². The van der Waals surface area contributed by atoms with Crippen LogP contribution in [0, 0.1) is 5.82 Å². The normalized spacial score (nSPS) is 11.4. The van der Waals surface area contributed by atoms with Crippen molar-refractivity contribution < 1.29 is 18.7 Å². The molecule has 1 amide bonds. The number of methoxy groups -OCH3 is 1. The van der Waals surface area contributed by atoms with E-state index < -0.39 is 17.2 Å². The Hall–Kier alpha value is -2.95. The van der Waals surface area contributed by atoms with Crippen LogP contribution in [0.4, 0.5) is 4.39 Å². The smallest absolute Gasteiger partial charge is 0.292 e. The van der Waals surface area contributed by atoms with E-state index in [9.17, 15) is 14.0 Å². The summed E-state index contributed by atoms with van der Waals surface area (Å²) < 4.78 is 18.1. The van der Waals surface area contributed by atoms with E-state index in [2.05, 4.69) is 5.32 Å². The topological polar surface area (TPSA) is 55.4 Å². The van der Waals surface area contributed by atoms with Crippen molar-refractivity contribution in [2.75, 3.05) is 7.11 Å². The van der Waals surface area contributed by atoms with E-state index in [0.29, 0.717) is 11.3 Å². The highest BCUT2D eigenvalue weighted by Crippen LogP contribution is 2.20. The summed E-state index contributed by atoms with van der Waals surface area (Å²) in [6.45, 7) is 3.49. The number of hydrogen-bond acceptors (Lipinski definition) is 3. The minimum absolute atomic E-state index is 0.358. The molecule has 0 aromatic heterocycles. The second kappa shape index (κ2) is 7.75. The Morgan fingerprint density at radius 3 is 2.44 bits per heavy atom. The maximum absolute atomic E-state index is 13.0. The average Bonchev–Trinajstić information content (AvgIpc) is 2.59. The van der Waals surface area contributed by atoms with Crippen molar-refractivity contribution >= 4 is 17.8 Å². The summed E-state index contributed by atoms with van der Waals surface area (Å²) in [6.07, 6.45) is 2.76. The number of ether oxygens (including phenoxy) is 1. The first kappa shape index (κ1) is 18.4. The average molecular weight is 341 g/mol. The minimum atomic E-state index is -0.801. The number of halogens is 1. The van der Waals surface area contributed by atoms with Crippen LogP contribution in [0.15, 0.2) is 54.6 Å². The first-order valence-electron chi connectivity index (χ1n) is 7.76. The summed E-state index contributed by atoms with van der Waals surface area (Å²) in [7, 11) is 1.55. The molecule has 2 aromatic rings. The van der Waals surface area contributed by atoms with Crippen LogP contribution >= 0.6 is 0 Å². The van der Waals surface area contributed by atoms with Crippen molar-refractivity contribution in [3.05, 3.63) is 71.6 Å². The molecule has 0 saturated carbocycles. The summed E-state index contributed by atoms with van der Waals surface area (Å²) in [4.78, 5) is 24.2. The lowest BCUT2D eigenvalue weighted by molar-refractivity contribution is -0.136. The predicted octanol–water partition coefficient (Wildman–Crippen LogP) is 3.47. The van der Waals surface area contributed by atoms with Crippen molar-refractivity contribution in [2.45, 2.75) is 19.4 Å². The van der Waals surface area contributed by atoms with Crippen LogP contribution in [-0.4, -0.2) is 18.8 Å². The number of ketones is 1. The quantitative estimate of drug-likeness (QED) is 0.647. The molecule has 0 aliphatic rings. The van der Waals surface area contributed by atoms with Crippen molar-refractivity contribution in [1.82, 2.24) is 5.32 Å². The monoisotopic (exact) mass is 341 g/mol. The van der Waals surface area contributed by atoms with Gasteiger partial charge in [-0.05, 0) is 55.3 Å². The van der Waals surface area contributed by atoms with Crippen LogP contribution in [0.25, 0.3) is 6.08 Å². The van der Waals surface area contributed by atoms with Gasteiger partial charge in [0, 0.05) is 0 Å². The third-order valence-corrected chi connectivity index (χ3v) is 3.74. The molecule has 0 spiro atoms. The third-order valence-electron chi connectivity index (χ3n) is 3.74. The van der Waals surface area contributed by atoms with E-state index in [1.54, 1.807) is 63.4 Å². The SMILES string of the molecule is COc1cccc(/C=C/C(=O)C(=O)NC(C)(C)c2ccc(F)cc2)c1. The summed E-state index contributed by atoms with van der Waals surface area (Å²) in [5, 5.41) is 2.66. The Morgan fingerprint density at radius 1 is 1.12 bits per heavy atom. The summed E-state index contributed by atoms with van der Waals surface area (Å²) in [6, 6.07) is 12.9. The molecule has 0 aliphatic heterocycles. The first-order chi connectivity index (χ1) is 11.8. The molecule has 0 fully saturated rings. The highest BCUT2D eigenvalue weighted by atomic mass is 19.1. The van der Waals surface area contributed by atoms with Gasteiger partial charge in [0.1, 0.15) is 11.6 Å². The Bertz CT molecular complexity index is 795. The number of carbonyl (C=O) groups is 2. The molecule has 0 heterocycles. The molecule has 0 radical (unpaired) electrons. The molecular weight excluding hydrogens is 321 g/mol. The van der Waals surface area contributed by atoms with Gasteiger partial charge in [0.25, 0.3) is 5.91 Å². The molecular formula is C20H20FNO3. The number of benzene rings is 2. The van der Waals surface area contributed by atoms with Crippen LogP contribution in [0.1, 0.15) is 25.0 Å². The highest BCUT2D eigenvalue weighted by molar-refractivity contribution is 6.41. The number of nitrogens with one attached hydrogen (secondary N) is 1. The van der Waals surface area contributed by atoms with Crippen LogP contribution in [0.3, 0.4) is 0 Å². The Balaban J connectivity index is 2.05. The fraction of sp³-hybridized carbons (Fsp3) is 0.200. The van der Waals surface area contributed by atoms with E-state index in [4.69, 9.17) is 4.74 Å². The van der Waals surface area contributed by atoms with Gasteiger partial charge in [0.2, 0.25) is 5.78 Å². The summed E-state index contributed by atoms with van der Waals surface area (Å²) in [5.41, 5.74) is 0.648. The van der Waals surface area contributed by atoms with E-state index in [1.165, 1.54) is 18.2 Å². The Morgan fingerprint density at radius 2 is 1.80 bits per heavy atom. The van der Waals surface area contributed by atoms with Crippen LogP contribution in [-0.2, 0) is 15.1 Å². The fourth-order valence-corrected chi connectivity index (χ4v) is 2.28. The molecule has 25 heavy (non-hydrogen) atoms. The van der Waals surface area contributed by atoms with Crippen molar-refractivity contribution in [2.24, 2.45) is 0 Å². The van der Waals surface area contributed by atoms with Gasteiger partial charge in [0.05, 0.1) is 12.6 Å². The zero-order chi connectivity index (χ0) is 18.4. The van der Waals surface area contributed by atoms with Gasteiger partial charge in [-0.15, -0.1) is 0 Å². The van der Waals surface area contributed by atoms with Crippen LogP contribution < -0.4 is 10.1 Å². The second-order valence-electron chi connectivity index (χ2n) is 6.06. The first-order valence-corrected chi connectivity index (χ1v) is 7.76. The van der Waals surface area contributed by atoms with Crippen molar-refractivity contribution in [3.63, 3.8) is 0 Å². The Kier molecular flexibility index (Phi) is 5.70. The van der Waals surface area contributed by atoms with Crippen molar-refractivity contribution in [3.8, 4) is 5.75 Å². The molecule has 0 unspecified atom stereocenters. The molecule has 0 atom stereocenters. The molecule has 4 nitrogen and oxygen atoms in total. The van der Waals surface area contributed by atoms with Gasteiger partial charge in [-0.2, -0.15) is 0 Å². The van der Waals surface area contributed by atoms with Gasteiger partial charge >= 0.3 is 0 Å². The summed E-state index contributed by atoms with van der Waals surface area (Å²) in [5.74, 6) is -1.09. The molecule has 5 heteroatoms. The molecule has 0 saturated heterocycles. The molecule has 2 aromatic carbocycles. The zero-order valence-corrected chi connectivity index (χ0v) is 14.4. The molecule has 130 valence electrons. The van der Waals surface area contributed by atoms with E-state index in [-0.39, 0.29) is 5.82 Å². The molecule has 1 N–H and O–H groups in total. The second-order valence-corrected chi connectivity index (χ2v) is 6.06. The lowest BCUT2D eigenvalue weighted by Crippen LogP contribution is -2.43. The molecule has 2 rings (SSSR count). The number of amides is 1.